The maximum Gasteiger partial charge on any atom is 1.00 e. The Balaban J connectivity index is 0.000000215. The minimum Gasteiger partial charge on any atom is -0.793 e. The van der Waals surface area contributed by atoms with Crippen molar-refractivity contribution in [1.82, 2.24) is 37.8 Å². The fourth-order valence-electron chi connectivity index (χ4n) is 12.6. The van der Waals surface area contributed by atoms with Gasteiger partial charge < -0.3 is 28.2 Å². The molecule has 0 aliphatic heterocycles. The summed E-state index contributed by atoms with van der Waals surface area (Å²) in [5.41, 5.74) is 23.3. The van der Waals surface area contributed by atoms with E-state index in [-0.39, 0.29) is 55.6 Å². The van der Waals surface area contributed by atoms with Crippen LogP contribution in [-0.2, 0) is 18.0 Å². The molecule has 8 aromatic carbocycles. The van der Waals surface area contributed by atoms with Gasteiger partial charge in [-0.05, 0) is 134 Å². The van der Waals surface area contributed by atoms with E-state index in [1.165, 1.54) is 66.8 Å². The molecule has 5 aromatic heterocycles. The number of para-hydroxylation sites is 5. The molecule has 0 atom stereocenters. The molecule has 5 heterocycles. The molecule has 0 radical (unpaired) electrons. The molecule has 0 aliphatic carbocycles. The molecule has 0 unspecified atom stereocenters. The second kappa shape index (κ2) is 35.3. The maximum atomic E-state index is 10.3. The van der Waals surface area contributed by atoms with Crippen LogP contribution in [0.3, 0.4) is 0 Å². The molecule has 0 aliphatic rings. The first-order valence-corrected chi connectivity index (χ1v) is 35.6. The van der Waals surface area contributed by atoms with E-state index in [4.69, 9.17) is 20.4 Å². The minimum absolute atomic E-state index is 0. The quantitative estimate of drug-likeness (QED) is 0.0924. The second-order valence-corrected chi connectivity index (χ2v) is 29.5. The average Bonchev–Trinajstić information content (AvgIpc) is 1.06. The Hall–Kier alpha value is -7.30. The number of imidazole rings is 3. The first-order valence-electron chi connectivity index (χ1n) is 33.4. The van der Waals surface area contributed by atoms with E-state index in [0.717, 1.165) is 65.2 Å². The van der Waals surface area contributed by atoms with Gasteiger partial charge in [-0.1, -0.05) is 248 Å². The van der Waals surface area contributed by atoms with Crippen LogP contribution in [0.1, 0.15) is 200 Å². The molecule has 0 bridgehead atoms. The Morgan fingerprint density at radius 1 is 0.455 bits per heavy atom. The van der Waals surface area contributed by atoms with Crippen molar-refractivity contribution in [3.05, 3.63) is 243 Å². The number of rotatable bonds is 12. The Labute approximate surface area is 634 Å². The van der Waals surface area contributed by atoms with E-state index >= 15 is 0 Å². The number of methoxy groups -OCH3 is 1. The van der Waals surface area contributed by atoms with Gasteiger partial charge in [-0.15, -0.1) is 0 Å². The molecular formula is C84H102Br2N9NaO2S. The average molecular weight is 1480 g/mol. The van der Waals surface area contributed by atoms with Crippen LogP contribution in [0.4, 0.5) is 5.95 Å². The van der Waals surface area contributed by atoms with E-state index in [2.05, 4.69) is 305 Å². The zero-order chi connectivity index (χ0) is 69.4. The minimum atomic E-state index is 0. The van der Waals surface area contributed by atoms with Crippen molar-refractivity contribution in [2.45, 2.75) is 167 Å². The van der Waals surface area contributed by atoms with Crippen molar-refractivity contribution < 1.29 is 39.4 Å². The van der Waals surface area contributed by atoms with Gasteiger partial charge in [0.15, 0.2) is 0 Å². The number of aromatic hydroxyl groups is 1. The summed E-state index contributed by atoms with van der Waals surface area (Å²) in [5.74, 6) is 6.66. The third-order valence-electron chi connectivity index (χ3n) is 17.3. The summed E-state index contributed by atoms with van der Waals surface area (Å²) < 4.78 is 18.7. The fraction of sp³-hybridized carbons (Fsp3) is 0.321. The largest absolute Gasteiger partial charge is 1.00 e. The van der Waals surface area contributed by atoms with Gasteiger partial charge >= 0.3 is 29.6 Å². The normalized spacial score (nSPS) is 11.3. The third kappa shape index (κ3) is 17.7. The fourth-order valence-corrected chi connectivity index (χ4v) is 13.9. The van der Waals surface area contributed by atoms with E-state index in [0.29, 0.717) is 41.5 Å². The number of hydrogen-bond donors (Lipinski definition) is 2. The number of ether oxygens (including phenoxy) is 1. The van der Waals surface area contributed by atoms with Gasteiger partial charge in [0.2, 0.25) is 17.8 Å². The standard InChI is InChI=1S/C28H29N3O.C27H27N3O.C15H21N3.C10H12Br2.C2H6S.2CH4.Na/c1-18(2)21-10-8-11-22(19(3)4)27(21)30-16-15-29-28(30)31-25-12-7-6-9-23(25)24-14-13-20(32-5)17-26(24)31;1-17(2)20-9-7-10-21(18(3)4)26(20)29-15-14-28-27(29)30-24-11-6-5-8-22(24)23-13-12-19(31)16-25(23)30;1-10(2)12-6-5-7-13(11(3)4)14(12)18-9-8-17-15(18)16;1-10(2,3)7-4-8(11)6-9(12)5-7;1-2-3;;;/h6-19H,1-5H3;5-18,31H,1-4H3;5-11H,1-4H3,(H2,16,17);4-6H,1-3H3;3H,2H2,1H3;2*1H4;/q;;;;;;;+1/p-1. The van der Waals surface area contributed by atoms with Gasteiger partial charge in [0.05, 0.1) is 46.2 Å². The van der Waals surface area contributed by atoms with Crippen molar-refractivity contribution >= 4 is 94.0 Å². The monoisotopic (exact) mass is 1480 g/mol. The van der Waals surface area contributed by atoms with E-state index in [1.54, 1.807) is 19.4 Å². The topological polar surface area (TPSA) is 119 Å². The molecule has 0 saturated carbocycles. The van der Waals surface area contributed by atoms with Gasteiger partial charge in [-0.2, -0.15) is 5.75 Å². The molecule has 11 nitrogen and oxygen atoms in total. The summed E-state index contributed by atoms with van der Waals surface area (Å²) >= 11 is 11.3. The number of phenolic OH excluding ortho intramolecular Hbond substituents is 1. The van der Waals surface area contributed by atoms with Crippen molar-refractivity contribution in [3.63, 3.8) is 0 Å². The number of nitrogen functional groups attached to an aromatic ring is 1. The van der Waals surface area contributed by atoms with E-state index in [9.17, 15) is 5.11 Å². The van der Waals surface area contributed by atoms with Crippen LogP contribution in [0.5, 0.6) is 11.5 Å². The number of anilines is 1. The van der Waals surface area contributed by atoms with Gasteiger partial charge in [0.25, 0.3) is 0 Å². The van der Waals surface area contributed by atoms with Crippen LogP contribution >= 0.6 is 31.9 Å². The second-order valence-electron chi connectivity index (χ2n) is 27.1. The van der Waals surface area contributed by atoms with Crippen molar-refractivity contribution in [2.24, 2.45) is 0 Å². The van der Waals surface area contributed by atoms with Crippen LogP contribution in [0, 0.1) is 0 Å². The zero-order valence-corrected chi connectivity index (χ0v) is 65.8. The van der Waals surface area contributed by atoms with Crippen LogP contribution in [0.2, 0.25) is 0 Å². The van der Waals surface area contributed by atoms with Gasteiger partial charge in [0.1, 0.15) is 11.5 Å². The Morgan fingerprint density at radius 3 is 1.14 bits per heavy atom. The number of phenols is 1. The number of nitrogens with zero attached hydrogens (tertiary/aromatic N) is 8. The number of aromatic nitrogens is 8. The van der Waals surface area contributed by atoms with Crippen LogP contribution in [-0.4, -0.2) is 55.8 Å². The summed E-state index contributed by atoms with van der Waals surface area (Å²) in [4.78, 5) is 13.8. The number of halogens is 2. The molecule has 3 N–H and O–H groups in total. The van der Waals surface area contributed by atoms with Crippen LogP contribution in [0.25, 0.3) is 72.6 Å². The maximum absolute atomic E-state index is 10.3. The summed E-state index contributed by atoms with van der Waals surface area (Å²) in [6.45, 7) is 35.3. The summed E-state index contributed by atoms with van der Waals surface area (Å²) in [5, 5.41) is 14.9. The first kappa shape index (κ1) is 80.7. The molecule has 0 fully saturated rings. The SMILES string of the molecule is C.C.CC(C)(C)c1cc(Br)cc(Br)c1.CC(C)c1cccc(C(C)C)c1-n1ccnc1-n1c2ccccc2c2ccc(O)cc21.CC(C)c1cccc(C(C)C)c1-n1ccnc1N.CC[S-].COc1ccc2c3ccccc3n(-c3nccn3-c3c(C(C)C)cccc3C(C)C)c2c1.[Na+]. The molecule has 0 spiro atoms. The number of fused-ring (bicyclic) bond motifs is 6. The smallest absolute Gasteiger partial charge is 0.793 e. The Bertz CT molecular complexity index is 4690. The molecule has 0 amide bonds. The molecule has 0 saturated heterocycles. The summed E-state index contributed by atoms with van der Waals surface area (Å²) in [7, 11) is 1.71. The molecule has 13 rings (SSSR count). The first-order chi connectivity index (χ1) is 45.8. The predicted octanol–water partition coefficient (Wildman–Crippen LogP) is 21.2. The number of hydrogen-bond acceptors (Lipinski definition) is 7. The number of nitrogens with two attached hydrogens (primary N) is 1. The molecular weight excluding hydrogens is 1380 g/mol. The van der Waals surface area contributed by atoms with Crippen LogP contribution < -0.4 is 40.0 Å². The van der Waals surface area contributed by atoms with Gasteiger partial charge in [0, 0.05) is 79.8 Å². The Kier molecular flexibility index (Phi) is 28.8. The number of benzene rings is 8. The zero-order valence-electron chi connectivity index (χ0n) is 59.8. The third-order valence-corrected chi connectivity index (χ3v) is 18.2. The molecule has 516 valence electrons. The van der Waals surface area contributed by atoms with E-state index < -0.39 is 0 Å². The molecule has 13 aromatic rings. The van der Waals surface area contributed by atoms with Crippen molar-refractivity contribution in [3.8, 4) is 40.5 Å². The van der Waals surface area contributed by atoms with Gasteiger partial charge in [-0.25, -0.2) is 15.0 Å². The Morgan fingerprint density at radius 2 is 0.788 bits per heavy atom. The van der Waals surface area contributed by atoms with Crippen LogP contribution in [0.15, 0.2) is 204 Å². The predicted molar refractivity (Wildman–Crippen MR) is 428 cm³/mol. The molecule has 99 heavy (non-hydrogen) atoms. The van der Waals surface area contributed by atoms with Crippen molar-refractivity contribution in [1.29, 1.82) is 0 Å². The van der Waals surface area contributed by atoms with Crippen molar-refractivity contribution in [2.75, 3.05) is 18.6 Å². The summed E-state index contributed by atoms with van der Waals surface area (Å²) in [6.07, 6.45) is 11.6. The molecule has 15 heteroatoms. The van der Waals surface area contributed by atoms with Gasteiger partial charge in [-0.3, -0.25) is 22.8 Å². The van der Waals surface area contributed by atoms with E-state index in [1.807, 2.05) is 60.5 Å². The summed E-state index contributed by atoms with van der Waals surface area (Å²) in [6, 6.07) is 54.8.